The van der Waals surface area contributed by atoms with Crippen LogP contribution < -0.4 is 20.3 Å². The van der Waals surface area contributed by atoms with E-state index in [9.17, 15) is 9.50 Å². The lowest BCUT2D eigenvalue weighted by Gasteiger charge is -2.34. The van der Waals surface area contributed by atoms with Crippen molar-refractivity contribution in [2.24, 2.45) is 4.99 Å². The van der Waals surface area contributed by atoms with Gasteiger partial charge in [-0.3, -0.25) is 4.99 Å². The van der Waals surface area contributed by atoms with Gasteiger partial charge in [-0.2, -0.15) is 0 Å². The summed E-state index contributed by atoms with van der Waals surface area (Å²) in [6, 6.07) is 14.4. The summed E-state index contributed by atoms with van der Waals surface area (Å²) >= 11 is 0. The lowest BCUT2D eigenvalue weighted by Crippen LogP contribution is -2.48. The predicted octanol–water partition coefficient (Wildman–Crippen LogP) is 3.09. The maximum atomic E-state index is 13.5. The Bertz CT molecular complexity index is 837. The average Bonchev–Trinajstić information content (AvgIpc) is 2.78. The van der Waals surface area contributed by atoms with Crippen LogP contribution in [0.3, 0.4) is 0 Å². The van der Waals surface area contributed by atoms with Crippen molar-refractivity contribution >= 4 is 11.6 Å². The summed E-state index contributed by atoms with van der Waals surface area (Å²) in [5.74, 6) is 1.21. The van der Waals surface area contributed by atoms with E-state index >= 15 is 0 Å². The second kappa shape index (κ2) is 10.8. The zero-order chi connectivity index (χ0) is 21.3. The molecule has 1 saturated heterocycles. The summed E-state index contributed by atoms with van der Waals surface area (Å²) in [5.41, 5.74) is 1.70. The van der Waals surface area contributed by atoms with Gasteiger partial charge in [0.15, 0.2) is 5.96 Å². The van der Waals surface area contributed by atoms with Crippen LogP contribution in [0.4, 0.5) is 10.1 Å². The molecule has 0 radical (unpaired) electrons. The maximum Gasteiger partial charge on any atom is 0.191 e. The minimum Gasteiger partial charge on any atom is -0.497 e. The van der Waals surface area contributed by atoms with Gasteiger partial charge in [-0.25, -0.2) is 4.39 Å². The highest BCUT2D eigenvalue weighted by Gasteiger charge is 2.20. The molecule has 1 atom stereocenters. The van der Waals surface area contributed by atoms with Gasteiger partial charge in [-0.15, -0.1) is 0 Å². The first-order valence-corrected chi connectivity index (χ1v) is 10.5. The zero-order valence-electron chi connectivity index (χ0n) is 17.6. The third-order valence-corrected chi connectivity index (χ3v) is 5.25. The molecule has 2 aromatic carbocycles. The molecule has 0 bridgehead atoms. The highest BCUT2D eigenvalue weighted by atomic mass is 19.1. The van der Waals surface area contributed by atoms with Gasteiger partial charge >= 0.3 is 0 Å². The van der Waals surface area contributed by atoms with Crippen LogP contribution in [0.25, 0.3) is 0 Å². The summed E-state index contributed by atoms with van der Waals surface area (Å²) in [4.78, 5) is 6.77. The standard InChI is InChI=1S/C23H31FN4O2/c1-3-25-23(26-16-22(29)17-6-4-9-21(14-17)30-2)27-19-10-12-28(13-11-19)20-8-5-7-18(24)15-20/h4-9,14-15,19,22,29H,3,10-13,16H2,1-2H3,(H2,25,26,27). The van der Waals surface area contributed by atoms with Gasteiger partial charge in [0.05, 0.1) is 19.8 Å². The number of anilines is 1. The van der Waals surface area contributed by atoms with Gasteiger partial charge < -0.3 is 25.4 Å². The third kappa shape index (κ3) is 6.10. The van der Waals surface area contributed by atoms with E-state index in [1.54, 1.807) is 19.2 Å². The van der Waals surface area contributed by atoms with Crippen molar-refractivity contribution < 1.29 is 14.2 Å². The summed E-state index contributed by atoms with van der Waals surface area (Å²) in [7, 11) is 1.61. The monoisotopic (exact) mass is 414 g/mol. The Hall–Kier alpha value is -2.80. The number of ether oxygens (including phenoxy) is 1. The van der Waals surface area contributed by atoms with E-state index in [4.69, 9.17) is 4.74 Å². The molecule has 162 valence electrons. The smallest absolute Gasteiger partial charge is 0.191 e. The molecule has 2 aromatic rings. The Morgan fingerprint density at radius 3 is 2.70 bits per heavy atom. The van der Waals surface area contributed by atoms with E-state index in [-0.39, 0.29) is 18.4 Å². The molecule has 3 N–H and O–H groups in total. The molecular weight excluding hydrogens is 383 g/mol. The van der Waals surface area contributed by atoms with Crippen molar-refractivity contribution in [1.29, 1.82) is 0 Å². The van der Waals surface area contributed by atoms with E-state index in [0.29, 0.717) is 11.7 Å². The van der Waals surface area contributed by atoms with Gasteiger partial charge in [-0.05, 0) is 55.7 Å². The van der Waals surface area contributed by atoms with Crippen molar-refractivity contribution in [3.05, 3.63) is 59.9 Å². The molecule has 3 rings (SSSR count). The molecule has 1 unspecified atom stereocenters. The first kappa shape index (κ1) is 21.9. The number of aliphatic hydroxyl groups excluding tert-OH is 1. The SMILES string of the molecule is CCNC(=NCC(O)c1cccc(OC)c1)NC1CCN(c2cccc(F)c2)CC1. The molecule has 1 fully saturated rings. The Morgan fingerprint density at radius 2 is 2.00 bits per heavy atom. The number of piperidine rings is 1. The van der Waals surface area contributed by atoms with Crippen molar-refractivity contribution in [1.82, 2.24) is 10.6 Å². The minimum atomic E-state index is -0.703. The van der Waals surface area contributed by atoms with Crippen LogP contribution in [0.1, 0.15) is 31.4 Å². The summed E-state index contributed by atoms with van der Waals surface area (Å²) in [6.07, 6.45) is 1.16. The van der Waals surface area contributed by atoms with Crippen LogP contribution in [0, 0.1) is 5.82 Å². The number of methoxy groups -OCH3 is 1. The van der Waals surface area contributed by atoms with Gasteiger partial charge in [0.25, 0.3) is 0 Å². The number of rotatable bonds is 7. The number of aliphatic imine (C=N–C) groups is 1. The summed E-state index contributed by atoms with van der Waals surface area (Å²) in [6.45, 7) is 4.72. The zero-order valence-corrected chi connectivity index (χ0v) is 17.6. The van der Waals surface area contributed by atoms with Crippen molar-refractivity contribution in [3.8, 4) is 5.75 Å². The van der Waals surface area contributed by atoms with Crippen LogP contribution in [-0.2, 0) is 0 Å². The third-order valence-electron chi connectivity index (χ3n) is 5.25. The Labute approximate surface area is 177 Å². The van der Waals surface area contributed by atoms with Crippen LogP contribution in [0.2, 0.25) is 0 Å². The number of aliphatic hydroxyl groups is 1. The quantitative estimate of drug-likeness (QED) is 0.480. The maximum absolute atomic E-state index is 13.5. The van der Waals surface area contributed by atoms with Crippen LogP contribution in [-0.4, -0.2) is 50.4 Å². The fourth-order valence-electron chi connectivity index (χ4n) is 3.60. The fraction of sp³-hybridized carbons (Fsp3) is 0.435. The molecule has 0 aliphatic carbocycles. The number of nitrogens with zero attached hydrogens (tertiary/aromatic N) is 2. The van der Waals surface area contributed by atoms with E-state index in [0.717, 1.165) is 43.7 Å². The van der Waals surface area contributed by atoms with Crippen LogP contribution in [0.15, 0.2) is 53.5 Å². The normalized spacial score (nSPS) is 16.3. The molecular formula is C23H31FN4O2. The van der Waals surface area contributed by atoms with Crippen molar-refractivity contribution in [2.45, 2.75) is 31.9 Å². The lowest BCUT2D eigenvalue weighted by molar-refractivity contribution is 0.186. The van der Waals surface area contributed by atoms with Crippen LogP contribution >= 0.6 is 0 Å². The molecule has 1 aliphatic heterocycles. The minimum absolute atomic E-state index is 0.205. The van der Waals surface area contributed by atoms with Gasteiger partial charge in [0.2, 0.25) is 0 Å². The Balaban J connectivity index is 1.55. The molecule has 7 heteroatoms. The van der Waals surface area contributed by atoms with Gasteiger partial charge in [0.1, 0.15) is 11.6 Å². The van der Waals surface area contributed by atoms with E-state index < -0.39 is 6.10 Å². The highest BCUT2D eigenvalue weighted by molar-refractivity contribution is 5.80. The number of nitrogens with one attached hydrogen (secondary N) is 2. The van der Waals surface area contributed by atoms with Gasteiger partial charge in [0, 0.05) is 31.4 Å². The van der Waals surface area contributed by atoms with E-state index in [1.165, 1.54) is 6.07 Å². The number of hydrogen-bond acceptors (Lipinski definition) is 4. The topological polar surface area (TPSA) is 69.1 Å². The Kier molecular flexibility index (Phi) is 7.90. The summed E-state index contributed by atoms with van der Waals surface area (Å²) in [5, 5.41) is 17.2. The number of halogens is 1. The second-order valence-electron chi connectivity index (χ2n) is 7.40. The molecule has 0 saturated carbocycles. The van der Waals surface area contributed by atoms with Gasteiger partial charge in [-0.1, -0.05) is 18.2 Å². The molecule has 1 aliphatic rings. The fourth-order valence-corrected chi connectivity index (χ4v) is 3.60. The molecule has 1 heterocycles. The lowest BCUT2D eigenvalue weighted by atomic mass is 10.0. The predicted molar refractivity (Wildman–Crippen MR) is 119 cm³/mol. The molecule has 0 spiro atoms. The number of hydrogen-bond donors (Lipinski definition) is 3. The first-order chi connectivity index (χ1) is 14.6. The van der Waals surface area contributed by atoms with E-state index in [1.807, 2.05) is 37.3 Å². The molecule has 0 amide bonds. The van der Waals surface area contributed by atoms with Crippen LogP contribution in [0.5, 0.6) is 5.75 Å². The highest BCUT2D eigenvalue weighted by Crippen LogP contribution is 2.21. The second-order valence-corrected chi connectivity index (χ2v) is 7.40. The Morgan fingerprint density at radius 1 is 1.23 bits per heavy atom. The molecule has 6 nitrogen and oxygen atoms in total. The molecule has 30 heavy (non-hydrogen) atoms. The largest absolute Gasteiger partial charge is 0.497 e. The summed E-state index contributed by atoms with van der Waals surface area (Å²) < 4.78 is 18.7. The van der Waals surface area contributed by atoms with Crippen molar-refractivity contribution in [3.63, 3.8) is 0 Å². The van der Waals surface area contributed by atoms with E-state index in [2.05, 4.69) is 20.5 Å². The van der Waals surface area contributed by atoms with Crippen molar-refractivity contribution in [2.75, 3.05) is 38.2 Å². The molecule has 0 aromatic heterocycles. The first-order valence-electron chi connectivity index (χ1n) is 10.5. The number of benzene rings is 2. The number of guanidine groups is 1. The average molecular weight is 415 g/mol.